The highest BCUT2D eigenvalue weighted by atomic mass is 32.2. The minimum Gasteiger partial charge on any atom is -0.254 e. The van der Waals surface area contributed by atoms with E-state index in [1.807, 2.05) is 35.7 Å². The lowest BCUT2D eigenvalue weighted by molar-refractivity contribution is 0.603. The highest BCUT2D eigenvalue weighted by Crippen LogP contribution is 2.27. The molecule has 1 aromatic carbocycles. The van der Waals surface area contributed by atoms with Crippen molar-refractivity contribution in [1.82, 2.24) is 4.98 Å². The number of anilines is 1. The summed E-state index contributed by atoms with van der Waals surface area (Å²) in [4.78, 5) is 4.31. The maximum atomic E-state index is 12.1. The van der Waals surface area contributed by atoms with Crippen molar-refractivity contribution in [3.8, 4) is 11.3 Å². The Morgan fingerprint density at radius 2 is 1.80 bits per heavy atom. The van der Waals surface area contributed by atoms with E-state index in [9.17, 15) is 8.42 Å². The maximum absolute atomic E-state index is 12.1. The molecule has 0 aliphatic rings. The van der Waals surface area contributed by atoms with Gasteiger partial charge in [-0.2, -0.15) is 0 Å². The van der Waals surface area contributed by atoms with Crippen LogP contribution in [0.1, 0.15) is 0 Å². The van der Waals surface area contributed by atoms with E-state index >= 15 is 0 Å². The number of sulfonamides is 1. The molecule has 0 bridgehead atoms. The molecule has 2 aromatic heterocycles. The summed E-state index contributed by atoms with van der Waals surface area (Å²) in [5.74, 6) is 0. The summed E-state index contributed by atoms with van der Waals surface area (Å²) in [6.45, 7) is 0. The quantitative estimate of drug-likeness (QED) is 0.797. The molecule has 102 valence electrons. The van der Waals surface area contributed by atoms with Crippen molar-refractivity contribution in [3.63, 3.8) is 0 Å². The Kier molecular flexibility index (Phi) is 3.56. The molecule has 3 rings (SSSR count). The van der Waals surface area contributed by atoms with Crippen LogP contribution in [0.3, 0.4) is 0 Å². The Morgan fingerprint density at radius 1 is 1.00 bits per heavy atom. The summed E-state index contributed by atoms with van der Waals surface area (Å²) in [6.07, 6.45) is 0. The van der Waals surface area contributed by atoms with Gasteiger partial charge in [-0.15, -0.1) is 22.7 Å². The normalized spacial score (nSPS) is 11.4. The predicted molar refractivity (Wildman–Crippen MR) is 82.7 cm³/mol. The van der Waals surface area contributed by atoms with E-state index in [2.05, 4.69) is 9.71 Å². The first kappa shape index (κ1) is 13.3. The molecule has 2 heterocycles. The second-order valence-corrected chi connectivity index (χ2v) is 7.66. The minimum atomic E-state index is -3.52. The Bertz CT molecular complexity index is 793. The highest BCUT2D eigenvalue weighted by molar-refractivity contribution is 7.94. The van der Waals surface area contributed by atoms with E-state index in [4.69, 9.17) is 0 Å². The molecular weight excluding hydrogens is 312 g/mol. The van der Waals surface area contributed by atoms with Gasteiger partial charge in [0.15, 0.2) is 5.13 Å². The van der Waals surface area contributed by atoms with Crippen LogP contribution in [-0.2, 0) is 10.0 Å². The van der Waals surface area contributed by atoms with E-state index in [1.54, 1.807) is 17.5 Å². The number of nitrogens with one attached hydrogen (secondary N) is 1. The van der Waals surface area contributed by atoms with Gasteiger partial charge >= 0.3 is 0 Å². The molecule has 0 radical (unpaired) electrons. The number of nitrogens with zero attached hydrogens (tertiary/aromatic N) is 1. The SMILES string of the molecule is O=S(=O)(Nc1nc(-c2ccccc2)cs1)c1cccs1. The van der Waals surface area contributed by atoms with Crippen LogP contribution < -0.4 is 4.72 Å². The Hall–Kier alpha value is -1.70. The zero-order chi connectivity index (χ0) is 14.0. The van der Waals surface area contributed by atoms with Crippen LogP contribution in [0.2, 0.25) is 0 Å². The fourth-order valence-electron chi connectivity index (χ4n) is 1.64. The highest BCUT2D eigenvalue weighted by Gasteiger charge is 2.17. The lowest BCUT2D eigenvalue weighted by atomic mass is 10.2. The molecule has 0 amide bonds. The number of aromatic nitrogens is 1. The van der Waals surface area contributed by atoms with E-state index < -0.39 is 10.0 Å². The van der Waals surface area contributed by atoms with Gasteiger partial charge in [-0.1, -0.05) is 36.4 Å². The molecule has 4 nitrogen and oxygen atoms in total. The Labute approximate surface area is 124 Å². The smallest absolute Gasteiger partial charge is 0.254 e. The number of thiazole rings is 1. The summed E-state index contributed by atoms with van der Waals surface area (Å²) in [5, 5.41) is 3.94. The molecule has 0 saturated heterocycles. The van der Waals surface area contributed by atoms with E-state index in [-0.39, 0.29) is 4.21 Å². The molecular formula is C13H10N2O2S3. The van der Waals surface area contributed by atoms with Crippen molar-refractivity contribution in [2.75, 3.05) is 4.72 Å². The summed E-state index contributed by atoms with van der Waals surface area (Å²) in [5.41, 5.74) is 1.73. The second-order valence-electron chi connectivity index (χ2n) is 3.94. The molecule has 0 unspecified atom stereocenters. The monoisotopic (exact) mass is 322 g/mol. The zero-order valence-corrected chi connectivity index (χ0v) is 12.6. The number of thiophene rings is 1. The van der Waals surface area contributed by atoms with E-state index in [0.717, 1.165) is 11.3 Å². The van der Waals surface area contributed by atoms with Crippen molar-refractivity contribution in [1.29, 1.82) is 0 Å². The van der Waals surface area contributed by atoms with Gasteiger partial charge in [-0.3, -0.25) is 4.72 Å². The standard InChI is InChI=1S/C13H10N2O2S3/c16-20(17,12-7-4-8-18-12)15-13-14-11(9-19-13)10-5-2-1-3-6-10/h1-9H,(H,14,15). The van der Waals surface area contributed by atoms with E-state index in [1.165, 1.54) is 22.7 Å². The van der Waals surface area contributed by atoms with Crippen LogP contribution in [-0.4, -0.2) is 13.4 Å². The summed E-state index contributed by atoms with van der Waals surface area (Å²) >= 11 is 2.45. The van der Waals surface area contributed by atoms with Gasteiger partial charge in [0.05, 0.1) is 5.69 Å². The first-order valence-corrected chi connectivity index (χ1v) is 8.97. The third kappa shape index (κ3) is 2.74. The van der Waals surface area contributed by atoms with Crippen molar-refractivity contribution < 1.29 is 8.42 Å². The molecule has 20 heavy (non-hydrogen) atoms. The second kappa shape index (κ2) is 5.35. The minimum absolute atomic E-state index is 0.286. The lowest BCUT2D eigenvalue weighted by Crippen LogP contribution is -2.11. The molecule has 0 fully saturated rings. The van der Waals surface area contributed by atoms with Gasteiger partial charge in [-0.25, -0.2) is 13.4 Å². The predicted octanol–water partition coefficient (Wildman–Crippen LogP) is 3.67. The summed E-state index contributed by atoms with van der Waals surface area (Å²) < 4.78 is 26.9. The van der Waals surface area contributed by atoms with Crippen LogP contribution in [0.25, 0.3) is 11.3 Å². The van der Waals surface area contributed by atoms with Crippen LogP contribution >= 0.6 is 22.7 Å². The van der Waals surface area contributed by atoms with Gasteiger partial charge in [0, 0.05) is 10.9 Å². The third-order valence-corrected chi connectivity index (χ3v) is 6.18. The Balaban J connectivity index is 1.85. The molecule has 1 N–H and O–H groups in total. The van der Waals surface area contributed by atoms with Crippen molar-refractivity contribution in [2.24, 2.45) is 0 Å². The van der Waals surface area contributed by atoms with Gasteiger partial charge in [-0.05, 0) is 11.4 Å². The zero-order valence-electron chi connectivity index (χ0n) is 10.2. The Morgan fingerprint density at radius 3 is 2.50 bits per heavy atom. The van der Waals surface area contributed by atoms with Crippen molar-refractivity contribution in [2.45, 2.75) is 4.21 Å². The van der Waals surface area contributed by atoms with Crippen LogP contribution in [0.5, 0.6) is 0 Å². The fourth-order valence-corrected chi connectivity index (χ4v) is 4.61. The third-order valence-electron chi connectivity index (χ3n) is 2.56. The van der Waals surface area contributed by atoms with Gasteiger partial charge in [0.1, 0.15) is 4.21 Å². The molecule has 7 heteroatoms. The van der Waals surface area contributed by atoms with Crippen LogP contribution in [0.4, 0.5) is 5.13 Å². The van der Waals surface area contributed by atoms with Crippen LogP contribution in [0, 0.1) is 0 Å². The first-order valence-electron chi connectivity index (χ1n) is 5.72. The molecule has 0 spiro atoms. The summed E-state index contributed by atoms with van der Waals surface area (Å²) in [7, 11) is -3.52. The van der Waals surface area contributed by atoms with E-state index in [0.29, 0.717) is 5.13 Å². The molecule has 0 aliphatic carbocycles. The number of rotatable bonds is 4. The first-order chi connectivity index (χ1) is 9.65. The lowest BCUT2D eigenvalue weighted by Gasteiger charge is -2.01. The average Bonchev–Trinajstić information content (AvgIpc) is 3.10. The fraction of sp³-hybridized carbons (Fsp3) is 0. The van der Waals surface area contributed by atoms with Crippen molar-refractivity contribution in [3.05, 3.63) is 53.2 Å². The summed E-state index contributed by atoms with van der Waals surface area (Å²) in [6, 6.07) is 12.9. The van der Waals surface area contributed by atoms with Crippen molar-refractivity contribution >= 4 is 37.8 Å². The largest absolute Gasteiger partial charge is 0.273 e. The number of hydrogen-bond acceptors (Lipinski definition) is 5. The topological polar surface area (TPSA) is 59.1 Å². The number of benzene rings is 1. The molecule has 3 aromatic rings. The van der Waals surface area contributed by atoms with Gasteiger partial charge < -0.3 is 0 Å². The molecule has 0 saturated carbocycles. The van der Waals surface area contributed by atoms with Gasteiger partial charge in [0.25, 0.3) is 10.0 Å². The molecule has 0 atom stereocenters. The van der Waals surface area contributed by atoms with Crippen LogP contribution in [0.15, 0.2) is 57.4 Å². The average molecular weight is 322 g/mol. The maximum Gasteiger partial charge on any atom is 0.273 e. The number of hydrogen-bond donors (Lipinski definition) is 1. The van der Waals surface area contributed by atoms with Gasteiger partial charge in [0.2, 0.25) is 0 Å². The molecule has 0 aliphatic heterocycles.